The van der Waals surface area contributed by atoms with Crippen LogP contribution in [0.25, 0.3) is 77.6 Å². The second-order valence-electron chi connectivity index (χ2n) is 10.4. The minimum atomic E-state index is 0.699. The van der Waals surface area contributed by atoms with Gasteiger partial charge in [-0.15, -0.1) is 0 Å². The molecule has 0 aliphatic heterocycles. The van der Waals surface area contributed by atoms with Crippen molar-refractivity contribution >= 4 is 32.6 Å². The van der Waals surface area contributed by atoms with Crippen LogP contribution in [0.2, 0.25) is 0 Å². The minimum absolute atomic E-state index is 0.699. The Morgan fingerprint density at radius 1 is 0.310 bits per heavy atom. The highest BCUT2D eigenvalue weighted by Crippen LogP contribution is 2.39. The van der Waals surface area contributed by atoms with Crippen LogP contribution in [0.4, 0.5) is 0 Å². The molecule has 0 bridgehead atoms. The second-order valence-corrected chi connectivity index (χ2v) is 10.4. The molecule has 196 valence electrons. The van der Waals surface area contributed by atoms with Gasteiger partial charge in [0.2, 0.25) is 0 Å². The monoisotopic (exact) mass is 535 g/mol. The quantitative estimate of drug-likeness (QED) is 0.225. The maximum atomic E-state index is 5.17. The van der Waals surface area contributed by atoms with Crippen molar-refractivity contribution in [2.75, 3.05) is 0 Å². The summed E-state index contributed by atoms with van der Waals surface area (Å²) in [5.41, 5.74) is 9.32. The number of fused-ring (bicyclic) bond motifs is 3. The molecular weight excluding hydrogens is 510 g/mol. The van der Waals surface area contributed by atoms with Crippen molar-refractivity contribution in [3.63, 3.8) is 0 Å². The predicted molar refractivity (Wildman–Crippen MR) is 174 cm³/mol. The number of benzene rings is 6. The molecule has 0 aliphatic rings. The summed E-state index contributed by atoms with van der Waals surface area (Å²) in [6, 6.07) is 52.7. The number of hydrogen-bond acceptors (Lipinski definition) is 3. The van der Waals surface area contributed by atoms with Gasteiger partial charge in [-0.25, -0.2) is 15.0 Å². The Balaban J connectivity index is 1.30. The van der Waals surface area contributed by atoms with E-state index in [0.717, 1.165) is 38.8 Å². The summed E-state index contributed by atoms with van der Waals surface area (Å²) in [5, 5.41) is 4.57. The second kappa shape index (κ2) is 10.1. The number of para-hydroxylation sites is 1. The van der Waals surface area contributed by atoms with Crippen LogP contribution in [-0.4, -0.2) is 15.0 Å². The zero-order valence-corrected chi connectivity index (χ0v) is 22.8. The fourth-order valence-corrected chi connectivity index (χ4v) is 5.91. The van der Waals surface area contributed by atoms with E-state index in [-0.39, 0.29) is 0 Å². The van der Waals surface area contributed by atoms with Crippen molar-refractivity contribution in [1.82, 2.24) is 15.0 Å². The Bertz CT molecular complexity index is 2240. The third-order valence-electron chi connectivity index (χ3n) is 7.91. The van der Waals surface area contributed by atoms with Gasteiger partial charge in [-0.2, -0.15) is 0 Å². The predicted octanol–water partition coefficient (Wildman–Crippen LogP) is 10.00. The number of rotatable bonds is 4. The summed E-state index contributed by atoms with van der Waals surface area (Å²) in [6.45, 7) is 0. The molecule has 0 unspecified atom stereocenters. The van der Waals surface area contributed by atoms with Crippen LogP contribution in [-0.2, 0) is 0 Å². The summed E-state index contributed by atoms with van der Waals surface area (Å²) < 4.78 is 0. The average molecular weight is 536 g/mol. The van der Waals surface area contributed by atoms with E-state index in [1.54, 1.807) is 0 Å². The fourth-order valence-electron chi connectivity index (χ4n) is 5.91. The van der Waals surface area contributed by atoms with Crippen LogP contribution >= 0.6 is 0 Å². The first-order valence-electron chi connectivity index (χ1n) is 14.1. The van der Waals surface area contributed by atoms with Gasteiger partial charge in [0.05, 0.1) is 16.7 Å². The van der Waals surface area contributed by atoms with Crippen molar-refractivity contribution in [1.29, 1.82) is 0 Å². The van der Waals surface area contributed by atoms with E-state index in [1.807, 2.05) is 48.5 Å². The van der Waals surface area contributed by atoms with Crippen molar-refractivity contribution in [2.45, 2.75) is 0 Å². The SMILES string of the molecule is c1ccc(-c2nc(-c3ccc4c(-c5ccc(-c6ccccc6)c6ccccc56)cccc4n3)c3ccccc3n2)cc1. The Labute approximate surface area is 243 Å². The van der Waals surface area contributed by atoms with Crippen molar-refractivity contribution < 1.29 is 0 Å². The van der Waals surface area contributed by atoms with E-state index in [9.17, 15) is 0 Å². The first kappa shape index (κ1) is 24.2. The molecule has 0 N–H and O–H groups in total. The molecule has 0 aliphatic carbocycles. The van der Waals surface area contributed by atoms with Gasteiger partial charge in [0, 0.05) is 16.3 Å². The Kier molecular flexibility index (Phi) is 5.79. The first-order valence-corrected chi connectivity index (χ1v) is 14.1. The zero-order chi connectivity index (χ0) is 27.9. The molecule has 3 nitrogen and oxygen atoms in total. The first-order chi connectivity index (χ1) is 20.8. The van der Waals surface area contributed by atoms with E-state index >= 15 is 0 Å². The maximum absolute atomic E-state index is 5.17. The highest BCUT2D eigenvalue weighted by molar-refractivity contribution is 6.09. The normalized spacial score (nSPS) is 11.3. The summed E-state index contributed by atoms with van der Waals surface area (Å²) in [7, 11) is 0. The number of nitrogens with zero attached hydrogens (tertiary/aromatic N) is 3. The van der Waals surface area contributed by atoms with Crippen molar-refractivity contribution in [3.05, 3.63) is 152 Å². The lowest BCUT2D eigenvalue weighted by atomic mass is 9.90. The van der Waals surface area contributed by atoms with Gasteiger partial charge in [-0.3, -0.25) is 0 Å². The molecular formula is C39H25N3. The summed E-state index contributed by atoms with van der Waals surface area (Å²) >= 11 is 0. The molecule has 0 saturated heterocycles. The minimum Gasteiger partial charge on any atom is -0.246 e. The molecule has 8 aromatic rings. The lowest BCUT2D eigenvalue weighted by molar-refractivity contribution is 1.21. The van der Waals surface area contributed by atoms with Crippen LogP contribution in [0.5, 0.6) is 0 Å². The van der Waals surface area contributed by atoms with Crippen LogP contribution in [0, 0.1) is 0 Å². The summed E-state index contributed by atoms with van der Waals surface area (Å²) in [5.74, 6) is 0.699. The van der Waals surface area contributed by atoms with Crippen LogP contribution < -0.4 is 0 Å². The molecule has 0 radical (unpaired) electrons. The summed E-state index contributed by atoms with van der Waals surface area (Å²) in [4.78, 5) is 15.1. The Hall–Kier alpha value is -5.67. The Morgan fingerprint density at radius 3 is 1.67 bits per heavy atom. The molecule has 0 spiro atoms. The lowest BCUT2D eigenvalue weighted by Gasteiger charge is -2.14. The molecule has 0 amide bonds. The van der Waals surface area contributed by atoms with Gasteiger partial charge in [-0.05, 0) is 57.3 Å². The Morgan fingerprint density at radius 2 is 0.881 bits per heavy atom. The smallest absolute Gasteiger partial charge is 0.160 e. The molecule has 2 heterocycles. The summed E-state index contributed by atoms with van der Waals surface area (Å²) in [6.07, 6.45) is 0. The third-order valence-corrected chi connectivity index (χ3v) is 7.91. The largest absolute Gasteiger partial charge is 0.246 e. The van der Waals surface area contributed by atoms with Gasteiger partial charge < -0.3 is 0 Å². The molecule has 42 heavy (non-hydrogen) atoms. The highest BCUT2D eigenvalue weighted by Gasteiger charge is 2.15. The number of pyridine rings is 1. The number of hydrogen-bond donors (Lipinski definition) is 0. The van der Waals surface area contributed by atoms with E-state index in [0.29, 0.717) is 5.82 Å². The van der Waals surface area contributed by atoms with E-state index < -0.39 is 0 Å². The van der Waals surface area contributed by atoms with Crippen LogP contribution in [0.15, 0.2) is 152 Å². The van der Waals surface area contributed by atoms with Crippen LogP contribution in [0.3, 0.4) is 0 Å². The zero-order valence-electron chi connectivity index (χ0n) is 22.8. The third kappa shape index (κ3) is 4.11. The lowest BCUT2D eigenvalue weighted by Crippen LogP contribution is -1.97. The van der Waals surface area contributed by atoms with Crippen molar-refractivity contribution in [3.8, 4) is 45.0 Å². The molecule has 0 atom stereocenters. The standard InChI is InChI=1S/C39H25N3/c1-3-12-26(13-4-1)28-22-23-32(30-17-8-7-16-29(28)30)31-19-11-21-35-33(31)24-25-37(40-35)38-34-18-9-10-20-36(34)41-39(42-38)27-14-5-2-6-15-27/h1-25H. The van der Waals surface area contributed by atoms with Gasteiger partial charge in [0.1, 0.15) is 5.69 Å². The van der Waals surface area contributed by atoms with E-state index in [2.05, 4.69) is 103 Å². The molecule has 0 fully saturated rings. The van der Waals surface area contributed by atoms with Crippen molar-refractivity contribution in [2.24, 2.45) is 0 Å². The average Bonchev–Trinajstić information content (AvgIpc) is 3.07. The van der Waals surface area contributed by atoms with E-state index in [1.165, 1.54) is 33.0 Å². The molecule has 6 aromatic carbocycles. The fraction of sp³-hybridized carbons (Fsp3) is 0. The van der Waals surface area contributed by atoms with Crippen LogP contribution in [0.1, 0.15) is 0 Å². The number of aromatic nitrogens is 3. The topological polar surface area (TPSA) is 38.7 Å². The molecule has 8 rings (SSSR count). The maximum Gasteiger partial charge on any atom is 0.160 e. The van der Waals surface area contributed by atoms with Gasteiger partial charge in [0.25, 0.3) is 0 Å². The van der Waals surface area contributed by atoms with Gasteiger partial charge >= 0.3 is 0 Å². The highest BCUT2D eigenvalue weighted by atomic mass is 14.9. The molecule has 3 heteroatoms. The van der Waals surface area contributed by atoms with Gasteiger partial charge in [0.15, 0.2) is 5.82 Å². The van der Waals surface area contributed by atoms with Gasteiger partial charge in [-0.1, -0.05) is 127 Å². The molecule has 2 aromatic heterocycles. The molecule has 0 saturated carbocycles. The van der Waals surface area contributed by atoms with E-state index in [4.69, 9.17) is 15.0 Å².